The smallest absolute Gasteiger partial charge is 0.354 e. The molecule has 33 heavy (non-hydrogen) atoms. The van der Waals surface area contributed by atoms with Crippen LogP contribution in [0.25, 0.3) is 44.5 Å². The van der Waals surface area contributed by atoms with Crippen LogP contribution in [0, 0.1) is 18.3 Å². The Labute approximate surface area is 190 Å². The van der Waals surface area contributed by atoms with Crippen molar-refractivity contribution in [1.29, 1.82) is 5.26 Å². The minimum Gasteiger partial charge on any atom is -0.496 e. The van der Waals surface area contributed by atoms with Gasteiger partial charge in [-0.1, -0.05) is 60.7 Å². The molecule has 0 saturated heterocycles. The molecule has 5 heteroatoms. The summed E-state index contributed by atoms with van der Waals surface area (Å²) in [6.07, 6.45) is 0. The quantitative estimate of drug-likeness (QED) is 0.320. The van der Waals surface area contributed by atoms with E-state index in [1.807, 2.05) is 72.8 Å². The summed E-state index contributed by atoms with van der Waals surface area (Å²) in [5.41, 5.74) is 3.87. The highest BCUT2D eigenvalue weighted by atomic mass is 16.5. The van der Waals surface area contributed by atoms with Gasteiger partial charge in [-0.25, -0.2) is 4.79 Å². The van der Waals surface area contributed by atoms with E-state index in [-0.39, 0.29) is 5.56 Å². The number of hydrogen-bond donors (Lipinski definition) is 0. The van der Waals surface area contributed by atoms with E-state index in [9.17, 15) is 10.1 Å². The molecule has 0 saturated carbocycles. The van der Waals surface area contributed by atoms with Gasteiger partial charge in [0.2, 0.25) is 0 Å². The Balaban J connectivity index is 1.89. The molecule has 5 aromatic rings. The lowest BCUT2D eigenvalue weighted by molar-refractivity contribution is 0.416. The van der Waals surface area contributed by atoms with Gasteiger partial charge in [0.15, 0.2) is 0 Å². The number of methoxy groups -OCH3 is 1. The van der Waals surface area contributed by atoms with Gasteiger partial charge < -0.3 is 13.6 Å². The highest BCUT2D eigenvalue weighted by Crippen LogP contribution is 2.45. The molecule has 2 heterocycles. The van der Waals surface area contributed by atoms with Crippen molar-refractivity contribution in [3.63, 3.8) is 0 Å². The van der Waals surface area contributed by atoms with E-state index in [1.165, 1.54) is 0 Å². The van der Waals surface area contributed by atoms with Crippen LogP contribution in [0.1, 0.15) is 11.3 Å². The molecular formula is C28H19NO4. The first-order valence-electron chi connectivity index (χ1n) is 10.4. The summed E-state index contributed by atoms with van der Waals surface area (Å²) in [7, 11) is 1.55. The van der Waals surface area contributed by atoms with Gasteiger partial charge in [-0.05, 0) is 24.6 Å². The molecule has 0 amide bonds. The molecule has 0 N–H and O–H groups in total. The van der Waals surface area contributed by atoms with Crippen molar-refractivity contribution in [3.05, 3.63) is 101 Å². The Morgan fingerprint density at radius 3 is 2.15 bits per heavy atom. The van der Waals surface area contributed by atoms with Crippen LogP contribution in [0.15, 0.2) is 92.5 Å². The second-order valence-corrected chi connectivity index (χ2v) is 7.63. The number of fused-ring (bicyclic) bond motifs is 1. The summed E-state index contributed by atoms with van der Waals surface area (Å²) in [6, 6.07) is 27.3. The fraction of sp³-hybridized carbons (Fsp3) is 0.0714. The summed E-state index contributed by atoms with van der Waals surface area (Å²) >= 11 is 0. The van der Waals surface area contributed by atoms with Crippen molar-refractivity contribution < 1.29 is 13.6 Å². The molecule has 0 aliphatic heterocycles. The predicted molar refractivity (Wildman–Crippen MR) is 127 cm³/mol. The second kappa shape index (κ2) is 8.18. The van der Waals surface area contributed by atoms with Crippen molar-refractivity contribution >= 4 is 11.0 Å². The number of furan rings is 1. The first-order chi connectivity index (χ1) is 16.1. The van der Waals surface area contributed by atoms with Crippen LogP contribution >= 0.6 is 0 Å². The third kappa shape index (κ3) is 3.48. The molecule has 0 unspecified atom stereocenters. The van der Waals surface area contributed by atoms with Crippen LogP contribution in [-0.2, 0) is 0 Å². The molecule has 5 nitrogen and oxygen atoms in total. The fourth-order valence-electron chi connectivity index (χ4n) is 4.12. The maximum Gasteiger partial charge on any atom is 0.354 e. The lowest BCUT2D eigenvalue weighted by Crippen LogP contribution is -2.07. The van der Waals surface area contributed by atoms with Crippen LogP contribution in [0.4, 0.5) is 0 Å². The summed E-state index contributed by atoms with van der Waals surface area (Å²) < 4.78 is 17.1. The Kier molecular flexibility index (Phi) is 5.04. The summed E-state index contributed by atoms with van der Waals surface area (Å²) in [5.74, 6) is 1.65. The lowest BCUT2D eigenvalue weighted by Gasteiger charge is -2.11. The lowest BCUT2D eigenvalue weighted by atomic mass is 9.94. The molecule has 0 fully saturated rings. The first kappa shape index (κ1) is 20.3. The van der Waals surface area contributed by atoms with Crippen LogP contribution in [-0.4, -0.2) is 7.11 Å². The first-order valence-corrected chi connectivity index (χ1v) is 10.4. The van der Waals surface area contributed by atoms with E-state index >= 15 is 0 Å². The fourth-order valence-corrected chi connectivity index (χ4v) is 4.12. The minimum absolute atomic E-state index is 0.0636. The number of ether oxygens (including phenoxy) is 1. The van der Waals surface area contributed by atoms with E-state index in [0.717, 1.165) is 27.8 Å². The summed E-state index contributed by atoms with van der Waals surface area (Å²) in [5, 5.41) is 10.5. The highest BCUT2D eigenvalue weighted by molar-refractivity contribution is 6.04. The van der Waals surface area contributed by atoms with E-state index in [4.69, 9.17) is 13.6 Å². The van der Waals surface area contributed by atoms with Crippen molar-refractivity contribution in [2.45, 2.75) is 6.92 Å². The number of benzene rings is 3. The molecule has 0 bridgehead atoms. The third-order valence-corrected chi connectivity index (χ3v) is 5.59. The Hall–Kier alpha value is -4.56. The van der Waals surface area contributed by atoms with E-state index in [2.05, 4.69) is 0 Å². The van der Waals surface area contributed by atoms with E-state index in [0.29, 0.717) is 28.2 Å². The maximum atomic E-state index is 12.4. The molecular weight excluding hydrogens is 414 g/mol. The number of nitrogens with zero attached hydrogens (tertiary/aromatic N) is 1. The van der Waals surface area contributed by atoms with Gasteiger partial charge in [-0.15, -0.1) is 0 Å². The van der Waals surface area contributed by atoms with Crippen LogP contribution in [0.3, 0.4) is 0 Å². The Morgan fingerprint density at radius 2 is 1.52 bits per heavy atom. The topological polar surface area (TPSA) is 76.4 Å². The van der Waals surface area contributed by atoms with Crippen molar-refractivity contribution in [2.75, 3.05) is 7.11 Å². The largest absolute Gasteiger partial charge is 0.496 e. The van der Waals surface area contributed by atoms with Crippen molar-refractivity contribution in [2.24, 2.45) is 0 Å². The predicted octanol–water partition coefficient (Wildman–Crippen LogP) is 6.58. The zero-order valence-corrected chi connectivity index (χ0v) is 18.1. The minimum atomic E-state index is -0.671. The maximum absolute atomic E-state index is 12.4. The van der Waals surface area contributed by atoms with Gasteiger partial charge in [0.25, 0.3) is 0 Å². The van der Waals surface area contributed by atoms with Gasteiger partial charge in [0.1, 0.15) is 34.5 Å². The standard InChI is InChI=1S/C28H19NO4/c1-17-13-20(23(16-29)28(30)32-17)21-14-22-25(15-24(21)31-2)33-27(19-11-7-4-8-12-19)26(22)18-9-5-3-6-10-18/h3-15H,1-2H3. The Morgan fingerprint density at radius 1 is 0.848 bits per heavy atom. The molecule has 5 rings (SSSR count). The Bertz CT molecular complexity index is 1570. The zero-order chi connectivity index (χ0) is 22.9. The number of rotatable bonds is 4. The zero-order valence-electron chi connectivity index (χ0n) is 18.1. The molecule has 0 spiro atoms. The van der Waals surface area contributed by atoms with Gasteiger partial charge in [0, 0.05) is 33.7 Å². The normalized spacial score (nSPS) is 10.8. The monoisotopic (exact) mass is 433 g/mol. The van der Waals surface area contributed by atoms with Gasteiger partial charge >= 0.3 is 5.63 Å². The third-order valence-electron chi connectivity index (χ3n) is 5.59. The number of aryl methyl sites for hydroxylation is 1. The van der Waals surface area contributed by atoms with Crippen molar-refractivity contribution in [1.82, 2.24) is 0 Å². The van der Waals surface area contributed by atoms with E-state index in [1.54, 1.807) is 26.2 Å². The molecule has 0 radical (unpaired) electrons. The van der Waals surface area contributed by atoms with Crippen LogP contribution < -0.4 is 10.4 Å². The van der Waals surface area contributed by atoms with Gasteiger partial charge in [-0.2, -0.15) is 5.26 Å². The number of hydrogen-bond acceptors (Lipinski definition) is 5. The average molecular weight is 433 g/mol. The SMILES string of the molecule is COc1cc2oc(-c3ccccc3)c(-c3ccccc3)c2cc1-c1cc(C)oc(=O)c1C#N. The summed E-state index contributed by atoms with van der Waals surface area (Å²) in [4.78, 5) is 12.4. The second-order valence-electron chi connectivity index (χ2n) is 7.63. The molecule has 0 aliphatic rings. The van der Waals surface area contributed by atoms with Crippen LogP contribution in [0.2, 0.25) is 0 Å². The molecule has 160 valence electrons. The van der Waals surface area contributed by atoms with Crippen LogP contribution in [0.5, 0.6) is 5.75 Å². The molecule has 3 aromatic carbocycles. The number of nitriles is 1. The van der Waals surface area contributed by atoms with E-state index < -0.39 is 5.63 Å². The average Bonchev–Trinajstić information content (AvgIpc) is 3.22. The van der Waals surface area contributed by atoms with Gasteiger partial charge in [-0.3, -0.25) is 0 Å². The molecule has 0 aliphatic carbocycles. The molecule has 2 aromatic heterocycles. The highest BCUT2D eigenvalue weighted by Gasteiger charge is 2.22. The van der Waals surface area contributed by atoms with Crippen molar-refractivity contribution in [3.8, 4) is 45.4 Å². The van der Waals surface area contributed by atoms with Gasteiger partial charge in [0.05, 0.1) is 7.11 Å². The molecule has 0 atom stereocenters. The summed E-state index contributed by atoms with van der Waals surface area (Å²) in [6.45, 7) is 1.68.